The second-order valence-electron chi connectivity index (χ2n) is 3.96. The maximum atomic E-state index is 11.4. The largest absolute Gasteiger partial charge is 0.396 e. The first-order valence-electron chi connectivity index (χ1n) is 5.31. The summed E-state index contributed by atoms with van der Waals surface area (Å²) in [5, 5.41) is 8.60. The molecular weight excluding hydrogens is 302 g/mol. The third-order valence-electron chi connectivity index (χ3n) is 2.27. The molecule has 0 heterocycles. The number of halogens is 1. The van der Waals surface area contributed by atoms with Gasteiger partial charge in [-0.3, -0.25) is 4.79 Å². The van der Waals surface area contributed by atoms with E-state index in [1.807, 2.05) is 31.2 Å². The molecule has 0 aliphatic heterocycles. The van der Waals surface area contributed by atoms with Crippen LogP contribution in [0.3, 0.4) is 0 Å². The highest BCUT2D eigenvalue weighted by Gasteiger charge is 2.19. The van der Waals surface area contributed by atoms with Crippen LogP contribution in [0, 0.1) is 5.92 Å². The van der Waals surface area contributed by atoms with E-state index in [0.717, 1.165) is 10.0 Å². The van der Waals surface area contributed by atoms with Gasteiger partial charge in [-0.25, -0.2) is 0 Å². The van der Waals surface area contributed by atoms with Crippen LogP contribution in [0.1, 0.15) is 17.7 Å². The van der Waals surface area contributed by atoms with Crippen molar-refractivity contribution in [1.82, 2.24) is 0 Å². The van der Waals surface area contributed by atoms with E-state index in [-0.39, 0.29) is 23.7 Å². The number of thioether (sulfide) groups is 1. The fraction of sp³-hybridized carbons (Fsp3) is 0.417. The van der Waals surface area contributed by atoms with E-state index < -0.39 is 0 Å². The topological polar surface area (TPSA) is 63.3 Å². The van der Waals surface area contributed by atoms with Crippen molar-refractivity contribution in [2.75, 3.05) is 12.4 Å². The molecule has 94 valence electrons. The van der Waals surface area contributed by atoms with Crippen molar-refractivity contribution in [1.29, 1.82) is 0 Å². The van der Waals surface area contributed by atoms with E-state index >= 15 is 0 Å². The normalized spacial score (nSPS) is 14.3. The maximum Gasteiger partial charge on any atom is 0.235 e. The summed E-state index contributed by atoms with van der Waals surface area (Å²) in [7, 11) is 0. The summed E-state index contributed by atoms with van der Waals surface area (Å²) in [6, 6.07) is 7.57. The van der Waals surface area contributed by atoms with Crippen LogP contribution in [0.25, 0.3) is 0 Å². The van der Waals surface area contributed by atoms with Crippen LogP contribution >= 0.6 is 27.7 Å². The number of aliphatic hydroxyl groups excluding tert-OH is 1. The number of carbonyl (C=O) groups is 1. The quantitative estimate of drug-likeness (QED) is 0.846. The van der Waals surface area contributed by atoms with Gasteiger partial charge in [0, 0.05) is 11.1 Å². The summed E-state index contributed by atoms with van der Waals surface area (Å²) >= 11 is 4.84. The van der Waals surface area contributed by atoms with Gasteiger partial charge in [0.2, 0.25) is 5.91 Å². The van der Waals surface area contributed by atoms with Crippen molar-refractivity contribution in [3.8, 4) is 0 Å². The van der Waals surface area contributed by atoms with Crippen molar-refractivity contribution in [3.05, 3.63) is 34.3 Å². The Balaban J connectivity index is 2.76. The van der Waals surface area contributed by atoms with Gasteiger partial charge in [0.15, 0.2) is 0 Å². The maximum absolute atomic E-state index is 11.4. The van der Waals surface area contributed by atoms with Crippen LogP contribution in [0.15, 0.2) is 28.7 Å². The summed E-state index contributed by atoms with van der Waals surface area (Å²) in [5.41, 5.74) is 6.30. The molecule has 1 amide bonds. The summed E-state index contributed by atoms with van der Waals surface area (Å²) in [6.07, 6.45) is 0. The molecule has 1 aromatic carbocycles. The first kappa shape index (κ1) is 14.5. The van der Waals surface area contributed by atoms with Crippen LogP contribution in [-0.4, -0.2) is 23.4 Å². The molecule has 0 saturated carbocycles. The number of benzene rings is 1. The van der Waals surface area contributed by atoms with Gasteiger partial charge < -0.3 is 10.8 Å². The Hall–Kier alpha value is -0.520. The highest BCUT2D eigenvalue weighted by Crippen LogP contribution is 2.31. The Kier molecular flexibility index (Phi) is 6.02. The summed E-state index contributed by atoms with van der Waals surface area (Å²) in [6.45, 7) is 2.06. The SMILES string of the molecule is C[C@@H](CO)CS[C@@H](C(N)=O)c1cccc(Br)c1. The molecule has 2 atom stereocenters. The van der Waals surface area contributed by atoms with E-state index in [2.05, 4.69) is 15.9 Å². The van der Waals surface area contributed by atoms with Crippen molar-refractivity contribution >= 4 is 33.6 Å². The van der Waals surface area contributed by atoms with Gasteiger partial charge in [-0.15, -0.1) is 11.8 Å². The van der Waals surface area contributed by atoms with Gasteiger partial charge in [0.25, 0.3) is 0 Å². The van der Waals surface area contributed by atoms with E-state index in [1.165, 1.54) is 11.8 Å². The first-order valence-corrected chi connectivity index (χ1v) is 7.16. The molecule has 0 aromatic heterocycles. The van der Waals surface area contributed by atoms with Crippen LogP contribution in [0.4, 0.5) is 0 Å². The Morgan fingerprint density at radius 3 is 2.82 bits per heavy atom. The number of hydrogen-bond donors (Lipinski definition) is 2. The number of primary amides is 1. The zero-order valence-electron chi connectivity index (χ0n) is 9.60. The average Bonchev–Trinajstić information content (AvgIpc) is 2.28. The molecule has 0 fully saturated rings. The average molecular weight is 318 g/mol. The van der Waals surface area contributed by atoms with E-state index in [9.17, 15) is 4.79 Å². The number of aliphatic hydroxyl groups is 1. The van der Waals surface area contributed by atoms with Gasteiger partial charge in [-0.1, -0.05) is 35.0 Å². The standard InChI is InChI=1S/C12H16BrNO2S/c1-8(6-15)7-17-11(12(14)16)9-3-2-4-10(13)5-9/h2-5,8,11,15H,6-7H2,1H3,(H2,14,16)/t8-,11+/m0/s1. The van der Waals surface area contributed by atoms with E-state index in [1.54, 1.807) is 0 Å². The lowest BCUT2D eigenvalue weighted by Crippen LogP contribution is -2.20. The summed E-state index contributed by atoms with van der Waals surface area (Å²) < 4.78 is 0.928. The molecule has 0 spiro atoms. The lowest BCUT2D eigenvalue weighted by Gasteiger charge is -2.15. The number of rotatable bonds is 6. The Morgan fingerprint density at radius 1 is 1.59 bits per heavy atom. The zero-order chi connectivity index (χ0) is 12.8. The second kappa shape index (κ2) is 7.03. The van der Waals surface area contributed by atoms with Gasteiger partial charge >= 0.3 is 0 Å². The summed E-state index contributed by atoms with van der Waals surface area (Å²) in [4.78, 5) is 11.4. The van der Waals surface area contributed by atoms with Crippen molar-refractivity contribution in [2.45, 2.75) is 12.2 Å². The highest BCUT2D eigenvalue weighted by molar-refractivity contribution is 9.10. The molecule has 0 unspecified atom stereocenters. The Labute approximate surface area is 114 Å². The van der Waals surface area contributed by atoms with Crippen molar-refractivity contribution < 1.29 is 9.90 Å². The minimum atomic E-state index is -0.360. The fourth-order valence-electron chi connectivity index (χ4n) is 1.33. The number of carbonyl (C=O) groups excluding carboxylic acids is 1. The molecule has 5 heteroatoms. The first-order chi connectivity index (χ1) is 8.04. The lowest BCUT2D eigenvalue weighted by atomic mass is 10.1. The molecule has 0 bridgehead atoms. The van der Waals surface area contributed by atoms with Crippen LogP contribution < -0.4 is 5.73 Å². The molecule has 0 aliphatic rings. The van der Waals surface area contributed by atoms with Crippen LogP contribution in [0.2, 0.25) is 0 Å². The Bertz CT molecular complexity index is 387. The van der Waals surface area contributed by atoms with Crippen LogP contribution in [-0.2, 0) is 4.79 Å². The van der Waals surface area contributed by atoms with Gasteiger partial charge in [-0.05, 0) is 29.4 Å². The lowest BCUT2D eigenvalue weighted by molar-refractivity contribution is -0.117. The minimum Gasteiger partial charge on any atom is -0.396 e. The third kappa shape index (κ3) is 4.69. The van der Waals surface area contributed by atoms with E-state index in [0.29, 0.717) is 5.75 Å². The smallest absolute Gasteiger partial charge is 0.235 e. The van der Waals surface area contributed by atoms with Gasteiger partial charge in [0.1, 0.15) is 5.25 Å². The molecule has 17 heavy (non-hydrogen) atoms. The number of amides is 1. The monoisotopic (exact) mass is 317 g/mol. The Morgan fingerprint density at radius 2 is 2.29 bits per heavy atom. The number of hydrogen-bond acceptors (Lipinski definition) is 3. The fourth-order valence-corrected chi connectivity index (χ4v) is 2.87. The predicted molar refractivity (Wildman–Crippen MR) is 74.8 cm³/mol. The van der Waals surface area contributed by atoms with Crippen LogP contribution in [0.5, 0.6) is 0 Å². The third-order valence-corrected chi connectivity index (χ3v) is 4.36. The number of nitrogens with two attached hydrogens (primary N) is 1. The molecular formula is C12H16BrNO2S. The molecule has 0 radical (unpaired) electrons. The van der Waals surface area contributed by atoms with Gasteiger partial charge in [-0.2, -0.15) is 0 Å². The predicted octanol–water partition coefficient (Wildman–Crippen LogP) is 2.34. The minimum absolute atomic E-state index is 0.122. The van der Waals surface area contributed by atoms with Crippen molar-refractivity contribution in [2.24, 2.45) is 11.7 Å². The van der Waals surface area contributed by atoms with Crippen molar-refractivity contribution in [3.63, 3.8) is 0 Å². The highest BCUT2D eigenvalue weighted by atomic mass is 79.9. The molecule has 1 rings (SSSR count). The zero-order valence-corrected chi connectivity index (χ0v) is 12.0. The second-order valence-corrected chi connectivity index (χ2v) is 6.01. The molecule has 3 N–H and O–H groups in total. The van der Waals surface area contributed by atoms with Gasteiger partial charge in [0.05, 0.1) is 0 Å². The summed E-state index contributed by atoms with van der Waals surface area (Å²) in [5.74, 6) is 0.517. The molecule has 0 saturated heterocycles. The van der Waals surface area contributed by atoms with E-state index in [4.69, 9.17) is 10.8 Å². The molecule has 1 aromatic rings. The molecule has 0 aliphatic carbocycles. The molecule has 3 nitrogen and oxygen atoms in total.